The average molecular weight is 255 g/mol. The Morgan fingerprint density at radius 3 is 2.38 bits per heavy atom. The molecule has 0 saturated carbocycles. The number of carbonyl (C=O) groups is 1. The minimum absolute atomic E-state index is 0.0175. The average Bonchev–Trinajstić information content (AvgIpc) is 2.26. The molecule has 2 N–H and O–H groups in total. The molecule has 0 aromatic heterocycles. The molecule has 0 fully saturated rings. The van der Waals surface area contributed by atoms with Gasteiger partial charge in [0.2, 0.25) is 10.0 Å². The molecule has 0 heterocycles. The smallest absolute Gasteiger partial charge is 0.325 e. The van der Waals surface area contributed by atoms with Crippen LogP contribution >= 0.6 is 0 Å². The Balaban J connectivity index is 4.60. The standard InChI is InChI=1S/C8H17NO6S/c1-6(8(11)15-3)16(12,13)9-7(4-10)5-14-2/h6-7,9-10H,4-5H2,1-3H3. The molecule has 0 rings (SSSR count). The minimum Gasteiger partial charge on any atom is -0.468 e. The molecule has 2 unspecified atom stereocenters. The van der Waals surface area contributed by atoms with E-state index in [2.05, 4.69) is 9.46 Å². The quantitative estimate of drug-likeness (QED) is 0.535. The van der Waals surface area contributed by atoms with E-state index in [-0.39, 0.29) is 6.61 Å². The van der Waals surface area contributed by atoms with E-state index in [1.807, 2.05) is 0 Å². The van der Waals surface area contributed by atoms with Crippen LogP contribution in [0.3, 0.4) is 0 Å². The van der Waals surface area contributed by atoms with Gasteiger partial charge in [-0.05, 0) is 6.92 Å². The molecule has 2 atom stereocenters. The molecule has 0 aliphatic carbocycles. The predicted octanol–water partition coefficient (Wildman–Crippen LogP) is -1.53. The van der Waals surface area contributed by atoms with Crippen molar-refractivity contribution in [1.82, 2.24) is 4.72 Å². The summed E-state index contributed by atoms with van der Waals surface area (Å²) >= 11 is 0. The van der Waals surface area contributed by atoms with Crippen LogP contribution in [0.5, 0.6) is 0 Å². The molecular weight excluding hydrogens is 238 g/mol. The molecule has 0 saturated heterocycles. The van der Waals surface area contributed by atoms with Crippen LogP contribution in [0.15, 0.2) is 0 Å². The molecule has 0 bridgehead atoms. The Labute approximate surface area is 94.8 Å². The van der Waals surface area contributed by atoms with Crippen molar-refractivity contribution in [2.45, 2.75) is 18.2 Å². The molecule has 0 aliphatic rings. The van der Waals surface area contributed by atoms with Gasteiger partial charge in [0.1, 0.15) is 0 Å². The number of hydrogen-bond donors (Lipinski definition) is 2. The van der Waals surface area contributed by atoms with Gasteiger partial charge in [0, 0.05) is 7.11 Å². The lowest BCUT2D eigenvalue weighted by atomic mass is 10.4. The van der Waals surface area contributed by atoms with Crippen molar-refractivity contribution in [3.05, 3.63) is 0 Å². The van der Waals surface area contributed by atoms with Crippen LogP contribution in [0.1, 0.15) is 6.92 Å². The normalized spacial score (nSPS) is 15.5. The van der Waals surface area contributed by atoms with E-state index in [1.54, 1.807) is 0 Å². The van der Waals surface area contributed by atoms with Crippen molar-refractivity contribution in [2.24, 2.45) is 0 Å². The zero-order valence-electron chi connectivity index (χ0n) is 9.47. The molecular formula is C8H17NO6S. The molecule has 7 nitrogen and oxygen atoms in total. The third-order valence-corrected chi connectivity index (χ3v) is 3.70. The second kappa shape index (κ2) is 6.79. The number of aliphatic hydroxyl groups is 1. The lowest BCUT2D eigenvalue weighted by molar-refractivity contribution is -0.139. The van der Waals surface area contributed by atoms with Crippen molar-refractivity contribution >= 4 is 16.0 Å². The summed E-state index contributed by atoms with van der Waals surface area (Å²) in [5.41, 5.74) is 0. The van der Waals surface area contributed by atoms with E-state index in [4.69, 9.17) is 9.84 Å². The van der Waals surface area contributed by atoms with Gasteiger partial charge in [-0.2, -0.15) is 0 Å². The Morgan fingerprint density at radius 2 is 2.00 bits per heavy atom. The van der Waals surface area contributed by atoms with Crippen LogP contribution in [0, 0.1) is 0 Å². The van der Waals surface area contributed by atoms with Gasteiger partial charge in [0.15, 0.2) is 5.25 Å². The number of sulfonamides is 1. The maximum atomic E-state index is 11.6. The highest BCUT2D eigenvalue weighted by atomic mass is 32.2. The highest BCUT2D eigenvalue weighted by molar-refractivity contribution is 7.90. The van der Waals surface area contributed by atoms with Gasteiger partial charge >= 0.3 is 5.97 Å². The van der Waals surface area contributed by atoms with E-state index in [1.165, 1.54) is 14.0 Å². The number of hydrogen-bond acceptors (Lipinski definition) is 6. The van der Waals surface area contributed by atoms with E-state index in [9.17, 15) is 13.2 Å². The highest BCUT2D eigenvalue weighted by Gasteiger charge is 2.30. The predicted molar refractivity (Wildman–Crippen MR) is 56.3 cm³/mol. The van der Waals surface area contributed by atoms with Crippen LogP contribution in [0.2, 0.25) is 0 Å². The second-order valence-corrected chi connectivity index (χ2v) is 5.20. The zero-order valence-corrected chi connectivity index (χ0v) is 10.3. The molecule has 0 aromatic rings. The summed E-state index contributed by atoms with van der Waals surface area (Å²) in [6.07, 6.45) is 0. The van der Waals surface area contributed by atoms with Gasteiger partial charge in [-0.3, -0.25) is 4.79 Å². The first-order valence-corrected chi connectivity index (χ1v) is 6.12. The lowest BCUT2D eigenvalue weighted by Crippen LogP contribution is -2.46. The molecule has 0 amide bonds. The fourth-order valence-electron chi connectivity index (χ4n) is 0.952. The summed E-state index contributed by atoms with van der Waals surface area (Å²) in [4.78, 5) is 11.1. The molecule has 0 spiro atoms. The number of esters is 1. The van der Waals surface area contributed by atoms with Gasteiger partial charge in [0.05, 0.1) is 26.4 Å². The number of aliphatic hydroxyl groups excluding tert-OH is 1. The first-order chi connectivity index (χ1) is 7.38. The third kappa shape index (κ3) is 4.44. The topological polar surface area (TPSA) is 102 Å². The van der Waals surface area contributed by atoms with E-state index < -0.39 is 33.9 Å². The van der Waals surface area contributed by atoms with Gasteiger partial charge in [-0.15, -0.1) is 0 Å². The summed E-state index contributed by atoms with van der Waals surface area (Å²) in [7, 11) is -1.39. The summed E-state index contributed by atoms with van der Waals surface area (Å²) in [5, 5.41) is 7.54. The number of methoxy groups -OCH3 is 2. The van der Waals surface area contributed by atoms with Crippen LogP contribution in [0.4, 0.5) is 0 Å². The van der Waals surface area contributed by atoms with Crippen molar-refractivity contribution in [1.29, 1.82) is 0 Å². The van der Waals surface area contributed by atoms with E-state index in [0.29, 0.717) is 0 Å². The van der Waals surface area contributed by atoms with Crippen molar-refractivity contribution in [3.8, 4) is 0 Å². The number of ether oxygens (including phenoxy) is 2. The molecule has 16 heavy (non-hydrogen) atoms. The van der Waals surface area contributed by atoms with E-state index in [0.717, 1.165) is 7.11 Å². The Kier molecular flexibility index (Phi) is 6.49. The fourth-order valence-corrected chi connectivity index (χ4v) is 2.11. The SMILES string of the molecule is COCC(CO)NS(=O)(=O)C(C)C(=O)OC. The van der Waals surface area contributed by atoms with Crippen molar-refractivity contribution in [3.63, 3.8) is 0 Å². The summed E-state index contributed by atoms with van der Waals surface area (Å²) in [5.74, 6) is -0.860. The minimum atomic E-state index is -3.87. The van der Waals surface area contributed by atoms with Crippen LogP contribution in [-0.2, 0) is 24.3 Å². The van der Waals surface area contributed by atoms with Crippen molar-refractivity contribution in [2.75, 3.05) is 27.4 Å². The largest absolute Gasteiger partial charge is 0.468 e. The monoisotopic (exact) mass is 255 g/mol. The van der Waals surface area contributed by atoms with Crippen LogP contribution in [-0.4, -0.2) is 58.2 Å². The fraction of sp³-hybridized carbons (Fsp3) is 0.875. The van der Waals surface area contributed by atoms with Crippen molar-refractivity contribution < 1.29 is 27.8 Å². The molecule has 0 radical (unpaired) electrons. The van der Waals surface area contributed by atoms with Crippen LogP contribution in [0.25, 0.3) is 0 Å². The summed E-state index contributed by atoms with van der Waals surface area (Å²) < 4.78 is 34.4. The number of carbonyl (C=O) groups excluding carboxylic acids is 1. The van der Waals surface area contributed by atoms with Gasteiger partial charge in [-0.1, -0.05) is 0 Å². The van der Waals surface area contributed by atoms with Gasteiger partial charge < -0.3 is 14.6 Å². The summed E-state index contributed by atoms with van der Waals surface area (Å²) in [6.45, 7) is 0.806. The first kappa shape index (κ1) is 15.3. The second-order valence-electron chi connectivity index (χ2n) is 3.16. The molecule has 0 aliphatic heterocycles. The van der Waals surface area contributed by atoms with E-state index >= 15 is 0 Å². The molecule has 8 heteroatoms. The number of nitrogens with one attached hydrogen (secondary N) is 1. The molecule has 96 valence electrons. The Hall–Kier alpha value is -0.700. The third-order valence-electron chi connectivity index (χ3n) is 1.92. The lowest BCUT2D eigenvalue weighted by Gasteiger charge is -2.18. The van der Waals surface area contributed by atoms with Gasteiger partial charge in [-0.25, -0.2) is 13.1 Å². The summed E-state index contributed by atoms with van der Waals surface area (Å²) in [6, 6.07) is -0.776. The first-order valence-electron chi connectivity index (χ1n) is 4.57. The highest BCUT2D eigenvalue weighted by Crippen LogP contribution is 2.02. The Bertz CT molecular complexity index is 314. The Morgan fingerprint density at radius 1 is 1.44 bits per heavy atom. The van der Waals surface area contributed by atoms with Gasteiger partial charge in [0.25, 0.3) is 0 Å². The maximum Gasteiger partial charge on any atom is 0.325 e. The zero-order chi connectivity index (χ0) is 12.8. The number of rotatable bonds is 7. The van der Waals surface area contributed by atoms with Crippen LogP contribution < -0.4 is 4.72 Å². The molecule has 0 aromatic carbocycles. The maximum absolute atomic E-state index is 11.6.